The topological polar surface area (TPSA) is 237 Å². The first-order valence-electron chi connectivity index (χ1n) is 46.2. The van der Waals surface area contributed by atoms with Crippen LogP contribution in [0.5, 0.6) is 57.5 Å². The van der Waals surface area contributed by atoms with Gasteiger partial charge in [-0.2, -0.15) is 0 Å². The second-order valence-electron chi connectivity index (χ2n) is 30.7. The monoisotopic (exact) mass is 2570 g/mol. The number of unbranched alkanes of at least 4 members (excludes halogenated alkanes) is 7. The minimum atomic E-state index is 0.148. The summed E-state index contributed by atoms with van der Waals surface area (Å²) in [6.45, 7) is 46.0. The van der Waals surface area contributed by atoms with Gasteiger partial charge in [-0.1, -0.05) is 130 Å². The van der Waals surface area contributed by atoms with Gasteiger partial charge in [0, 0.05) is 50.7 Å². The molecule has 0 radical (unpaired) electrons. The molecular formula is C101H145Br8Cl6N5O19. The van der Waals surface area contributed by atoms with Crippen molar-refractivity contribution in [2.24, 2.45) is 25.8 Å². The Labute approximate surface area is 925 Å². The van der Waals surface area contributed by atoms with Crippen molar-refractivity contribution in [1.29, 1.82) is 0 Å². The minimum absolute atomic E-state index is 0.148. The average Bonchev–Trinajstić information content (AvgIpc) is 0.836. The van der Waals surface area contributed by atoms with E-state index in [0.717, 1.165) is 204 Å². The standard InChI is InChI=1S/C23H35Br2NO4.C22H33Br2NO4.C21H31Br2NO4.C19H25Br2Cl2NO4.C12H12Cl4O2.C4H9NO/c1-5-19-16-21(28-13-10-22(24)25)17-20(6-2)23(19)29-12-9-7-8-11-27-14-15-30-26-18(3)4;1-5-18-15-20(27-12-9-21(23)24)16-19(6-2)22(18)28-11-8-7-10-26-13-14-29-25-17(3)4;1-16(2)24-28-13-12-25-9-6-5-7-10-27-21-17(3)14-19(15-18(21)4)26-11-8-20(22)23;1-14(2)24-28-11-10-25-7-4-3-5-8-27-19-16(22)12-15(13-17(19)23)26-9-6-18(20)21;1-2-4-18-12-9(13)6-8(7-10(12)14)17-5-3-11(15)16;1-4(2)5-6-3/h10,16-17H,5-9,11-15H2,1-4H3;9,15-16H,5-8,10-14H2,1-4H3;8,14-15H,5-7,9-13H2,1-4H3;6,12-13H,3-5,7-11H2,1-2H3;3,6-7H,2,4-5H2,1H3;1-3H3. The first-order chi connectivity index (χ1) is 66.6. The molecular weight excluding hydrogens is 2440 g/mol. The maximum absolute atomic E-state index is 6.25. The zero-order valence-corrected chi connectivity index (χ0v) is 101. The average molecular weight is 2590 g/mol. The van der Waals surface area contributed by atoms with Gasteiger partial charge in [0.05, 0.1) is 122 Å². The summed E-state index contributed by atoms with van der Waals surface area (Å²) < 4.78 is 83.5. The molecule has 0 amide bonds. The van der Waals surface area contributed by atoms with Gasteiger partial charge < -0.3 is 90.5 Å². The molecule has 0 fully saturated rings. The number of hydrogen-bond acceptors (Lipinski definition) is 24. The zero-order chi connectivity index (χ0) is 104. The van der Waals surface area contributed by atoms with Crippen LogP contribution in [0, 0.1) is 13.8 Å². The van der Waals surface area contributed by atoms with E-state index < -0.39 is 0 Å². The Balaban J connectivity index is 0.00000170. The molecule has 5 rings (SSSR count). The van der Waals surface area contributed by atoms with Gasteiger partial charge in [-0.3, -0.25) is 0 Å². The Morgan fingerprint density at radius 1 is 0.266 bits per heavy atom. The Hall–Kier alpha value is -4.43. The summed E-state index contributed by atoms with van der Waals surface area (Å²) in [5.41, 5.74) is 11.5. The Morgan fingerprint density at radius 2 is 0.496 bits per heavy atom. The fourth-order valence-corrected chi connectivity index (χ4v) is 13.4. The van der Waals surface area contributed by atoms with Gasteiger partial charge in [0.1, 0.15) is 117 Å². The molecule has 24 nitrogen and oxygen atoms in total. The lowest BCUT2D eigenvalue weighted by Crippen LogP contribution is -2.07. The van der Waals surface area contributed by atoms with Crippen LogP contribution < -0.4 is 47.4 Å². The predicted octanol–water partition coefficient (Wildman–Crippen LogP) is 33.0. The van der Waals surface area contributed by atoms with Crippen molar-refractivity contribution in [3.05, 3.63) is 163 Å². The highest BCUT2D eigenvalue weighted by Crippen LogP contribution is 2.40. The molecule has 5 aromatic carbocycles. The molecule has 0 unspecified atom stereocenters. The maximum atomic E-state index is 6.25. The van der Waals surface area contributed by atoms with Crippen LogP contribution in [0.1, 0.15) is 214 Å². The fourth-order valence-electron chi connectivity index (χ4n) is 11.1. The van der Waals surface area contributed by atoms with Crippen molar-refractivity contribution in [1.82, 2.24) is 0 Å². The van der Waals surface area contributed by atoms with Gasteiger partial charge in [-0.15, -0.1) is 0 Å². The molecule has 0 aliphatic carbocycles. The highest BCUT2D eigenvalue weighted by Gasteiger charge is 2.17. The molecule has 0 aliphatic rings. The lowest BCUT2D eigenvalue weighted by molar-refractivity contribution is 0.0483. The van der Waals surface area contributed by atoms with E-state index in [-0.39, 0.29) is 11.1 Å². The van der Waals surface area contributed by atoms with Gasteiger partial charge in [0.2, 0.25) is 0 Å². The second-order valence-corrected chi connectivity index (χ2v) is 44.4. The van der Waals surface area contributed by atoms with E-state index in [2.05, 4.69) is 210 Å². The molecule has 0 heterocycles. The Kier molecular flexibility index (Phi) is 86.0. The third kappa shape index (κ3) is 75.0. The molecule has 0 spiro atoms. The van der Waals surface area contributed by atoms with Crippen molar-refractivity contribution >= 4 is 226 Å². The van der Waals surface area contributed by atoms with E-state index in [4.69, 9.17) is 155 Å². The van der Waals surface area contributed by atoms with E-state index in [1.54, 1.807) is 24.3 Å². The van der Waals surface area contributed by atoms with Gasteiger partial charge in [-0.25, -0.2) is 0 Å². The number of halogens is 14. The summed E-state index contributed by atoms with van der Waals surface area (Å²) in [5, 5.41) is 20.7. The molecule has 0 aromatic heterocycles. The van der Waals surface area contributed by atoms with Crippen LogP contribution in [-0.4, -0.2) is 181 Å². The number of aryl methyl sites for hydroxylation is 6. The van der Waals surface area contributed by atoms with Crippen LogP contribution in [0.4, 0.5) is 0 Å². The zero-order valence-electron chi connectivity index (χ0n) is 83.8. The first-order valence-corrected chi connectivity index (χ1v) is 54.8. The Morgan fingerprint density at radius 3 is 0.741 bits per heavy atom. The lowest BCUT2D eigenvalue weighted by Gasteiger charge is -2.17. The molecule has 786 valence electrons. The smallest absolute Gasteiger partial charge is 0.156 e. The first kappa shape index (κ1) is 135. The predicted molar refractivity (Wildman–Crippen MR) is 607 cm³/mol. The quantitative estimate of drug-likeness (QED) is 0.0200. The minimum Gasteiger partial charge on any atom is -0.493 e. The van der Waals surface area contributed by atoms with Crippen molar-refractivity contribution in [3.8, 4) is 57.5 Å². The van der Waals surface area contributed by atoms with Crippen LogP contribution >= 0.6 is 197 Å². The lowest BCUT2D eigenvalue weighted by atomic mass is 10.0. The molecule has 5 aromatic rings. The normalized spacial score (nSPS) is 10.2. The molecule has 139 heavy (non-hydrogen) atoms. The number of nitrogens with zero attached hydrogens (tertiary/aromatic N) is 5. The fraction of sp³-hybridized carbons (Fsp3) is 0.554. The SMILES string of the molecule is CC(C)=NOCCOCCCCCOc1c(C)cc(OCC=C(Br)Br)cc1C.CC(C)=NOCCOCCCCCOc1c(Cl)cc(OCC=C(Br)Br)cc1Cl.CCCOc1c(Cl)cc(OCC=C(Cl)Cl)cc1Cl.CCc1cc(OCC=C(Br)Br)cc(CC)c1OCCCCCOCCON=C(C)C.CCc1cc(OCC=C(Br)Br)cc(CC)c1OCCCCOCCON=C(C)C.CON=C(C)C. The van der Waals surface area contributed by atoms with Crippen LogP contribution in [0.3, 0.4) is 0 Å². The van der Waals surface area contributed by atoms with Crippen molar-refractivity contribution in [3.63, 3.8) is 0 Å². The van der Waals surface area contributed by atoms with Gasteiger partial charge >= 0.3 is 0 Å². The summed E-state index contributed by atoms with van der Waals surface area (Å²) >= 11 is 62.1. The van der Waals surface area contributed by atoms with Gasteiger partial charge in [0.25, 0.3) is 0 Å². The molecule has 0 aliphatic heterocycles. The van der Waals surface area contributed by atoms with Gasteiger partial charge in [-0.05, 0) is 413 Å². The van der Waals surface area contributed by atoms with Crippen LogP contribution in [0.2, 0.25) is 20.1 Å². The number of ether oxygens (including phenoxy) is 14. The largest absolute Gasteiger partial charge is 0.493 e. The van der Waals surface area contributed by atoms with Gasteiger partial charge in [0.15, 0.2) is 11.5 Å². The highest BCUT2D eigenvalue weighted by atomic mass is 79.9. The number of hydrogen-bond donors (Lipinski definition) is 0. The number of oxime groups is 5. The van der Waals surface area contributed by atoms with E-state index >= 15 is 0 Å². The van der Waals surface area contributed by atoms with Crippen molar-refractivity contribution < 1.29 is 90.5 Å². The number of rotatable bonds is 66. The number of benzene rings is 5. The summed E-state index contributed by atoms with van der Waals surface area (Å²) in [6, 6.07) is 19.0. The summed E-state index contributed by atoms with van der Waals surface area (Å²) in [4.78, 5) is 24.7. The maximum Gasteiger partial charge on any atom is 0.156 e. The third-order valence-electron chi connectivity index (χ3n) is 17.2. The van der Waals surface area contributed by atoms with Crippen molar-refractivity contribution in [2.45, 2.75) is 220 Å². The van der Waals surface area contributed by atoms with E-state index in [0.29, 0.717) is 169 Å². The molecule has 0 N–H and O–H groups in total. The summed E-state index contributed by atoms with van der Waals surface area (Å²) in [5.74, 6) is 7.64. The summed E-state index contributed by atoms with van der Waals surface area (Å²) in [6.07, 6.45) is 24.5. The highest BCUT2D eigenvalue weighted by molar-refractivity contribution is 9.29. The van der Waals surface area contributed by atoms with E-state index in [1.807, 2.05) is 126 Å². The molecule has 0 bridgehead atoms. The van der Waals surface area contributed by atoms with E-state index in [1.165, 1.54) is 35.4 Å². The molecule has 0 saturated carbocycles. The van der Waals surface area contributed by atoms with Crippen molar-refractivity contribution in [2.75, 3.05) is 152 Å². The Bertz CT molecular complexity index is 4230. The van der Waals surface area contributed by atoms with E-state index in [9.17, 15) is 0 Å². The van der Waals surface area contributed by atoms with Crippen LogP contribution in [-0.2, 0) is 68.8 Å². The molecule has 0 saturated heterocycles. The van der Waals surface area contributed by atoms with Crippen LogP contribution in [0.25, 0.3) is 0 Å². The molecule has 38 heteroatoms. The molecule has 0 atom stereocenters. The summed E-state index contributed by atoms with van der Waals surface area (Å²) in [7, 11) is 1.53. The van der Waals surface area contributed by atoms with Crippen LogP contribution in [0.15, 0.2) is 135 Å². The second kappa shape index (κ2) is 88.8. The third-order valence-corrected chi connectivity index (χ3v) is 21.2.